The van der Waals surface area contributed by atoms with Gasteiger partial charge in [0.15, 0.2) is 0 Å². The summed E-state index contributed by atoms with van der Waals surface area (Å²) in [4.78, 5) is 14.1. The molecule has 88 valence electrons. The molecular weight excluding hydrogens is 228 g/mol. The zero-order chi connectivity index (χ0) is 12.3. The van der Waals surface area contributed by atoms with Crippen molar-refractivity contribution in [3.63, 3.8) is 0 Å². The Labute approximate surface area is 88.5 Å². The topological polar surface area (TPSA) is 42.0 Å². The van der Waals surface area contributed by atoms with Crippen molar-refractivity contribution in [1.82, 2.24) is 10.3 Å². The van der Waals surface area contributed by atoms with E-state index < -0.39 is 23.9 Å². The third kappa shape index (κ3) is 3.18. The number of hydrogen-bond acceptors (Lipinski definition) is 2. The van der Waals surface area contributed by atoms with Gasteiger partial charge in [-0.2, -0.15) is 13.2 Å². The zero-order valence-corrected chi connectivity index (χ0v) is 8.18. The summed E-state index contributed by atoms with van der Waals surface area (Å²) in [7, 11) is 0. The second-order valence-electron chi connectivity index (χ2n) is 3.09. The molecule has 1 aromatic heterocycles. The van der Waals surface area contributed by atoms with Gasteiger partial charge >= 0.3 is 12.1 Å². The highest BCUT2D eigenvalue weighted by molar-refractivity contribution is 5.81. The highest BCUT2D eigenvalue weighted by Gasteiger charge is 2.39. The van der Waals surface area contributed by atoms with Crippen molar-refractivity contribution < 1.29 is 22.4 Å². The van der Waals surface area contributed by atoms with Crippen LogP contribution in [0, 0.1) is 5.82 Å². The number of nitrogens with one attached hydrogen (secondary N) is 1. The van der Waals surface area contributed by atoms with Gasteiger partial charge in [-0.05, 0) is 19.1 Å². The maximum Gasteiger partial charge on any atom is 0.471 e. The Balaban J connectivity index is 2.69. The van der Waals surface area contributed by atoms with Crippen LogP contribution in [0.5, 0.6) is 0 Å². The number of carbonyl (C=O) groups excluding carboxylic acids is 1. The fourth-order valence-electron chi connectivity index (χ4n) is 0.996. The Bertz CT molecular complexity index is 374. The molecule has 1 heterocycles. The molecule has 0 saturated heterocycles. The molecule has 0 aromatic carbocycles. The van der Waals surface area contributed by atoms with E-state index in [0.717, 1.165) is 12.3 Å². The molecule has 1 amide bonds. The molecule has 1 atom stereocenters. The van der Waals surface area contributed by atoms with Gasteiger partial charge < -0.3 is 5.32 Å². The van der Waals surface area contributed by atoms with Crippen LogP contribution in [0.3, 0.4) is 0 Å². The lowest BCUT2D eigenvalue weighted by Gasteiger charge is -2.14. The summed E-state index contributed by atoms with van der Waals surface area (Å²) in [6.07, 6.45) is -4.07. The standard InChI is InChI=1S/C9H8F4N2O/c1-5(15-8(16)9(11,12)13)7-3-2-6(10)4-14-7/h2-5H,1H3,(H,15,16)/t5-/m1/s1. The van der Waals surface area contributed by atoms with Crippen LogP contribution in [-0.4, -0.2) is 17.1 Å². The average molecular weight is 236 g/mol. The number of amides is 1. The fraction of sp³-hybridized carbons (Fsp3) is 0.333. The predicted octanol–water partition coefficient (Wildman–Crippen LogP) is 1.96. The van der Waals surface area contributed by atoms with Gasteiger partial charge in [0.25, 0.3) is 0 Å². The highest BCUT2D eigenvalue weighted by Crippen LogP contribution is 2.17. The second-order valence-corrected chi connectivity index (χ2v) is 3.09. The number of alkyl halides is 3. The lowest BCUT2D eigenvalue weighted by molar-refractivity contribution is -0.174. The van der Waals surface area contributed by atoms with Crippen LogP contribution in [0.25, 0.3) is 0 Å². The second kappa shape index (κ2) is 4.46. The number of pyridine rings is 1. The van der Waals surface area contributed by atoms with E-state index in [9.17, 15) is 22.4 Å². The van der Waals surface area contributed by atoms with Crippen LogP contribution < -0.4 is 5.32 Å². The number of aromatic nitrogens is 1. The molecule has 3 nitrogen and oxygen atoms in total. The van der Waals surface area contributed by atoms with Gasteiger partial charge in [-0.1, -0.05) is 0 Å². The molecule has 0 unspecified atom stereocenters. The third-order valence-corrected chi connectivity index (χ3v) is 1.80. The van der Waals surface area contributed by atoms with Crippen molar-refractivity contribution in [1.29, 1.82) is 0 Å². The van der Waals surface area contributed by atoms with Crippen molar-refractivity contribution in [2.24, 2.45) is 0 Å². The van der Waals surface area contributed by atoms with Crippen LogP contribution in [0.1, 0.15) is 18.7 Å². The number of halogens is 4. The van der Waals surface area contributed by atoms with E-state index in [1.165, 1.54) is 13.0 Å². The first kappa shape index (κ1) is 12.4. The summed E-state index contributed by atoms with van der Waals surface area (Å²) < 4.78 is 48.2. The zero-order valence-electron chi connectivity index (χ0n) is 8.18. The van der Waals surface area contributed by atoms with Crippen molar-refractivity contribution in [3.8, 4) is 0 Å². The van der Waals surface area contributed by atoms with Crippen LogP contribution in [0.4, 0.5) is 17.6 Å². The third-order valence-electron chi connectivity index (χ3n) is 1.80. The molecule has 0 aliphatic carbocycles. The first-order valence-electron chi connectivity index (χ1n) is 4.30. The van der Waals surface area contributed by atoms with Crippen molar-refractivity contribution in [2.75, 3.05) is 0 Å². The van der Waals surface area contributed by atoms with Crippen LogP contribution in [0.15, 0.2) is 18.3 Å². The molecule has 0 spiro atoms. The Morgan fingerprint density at radius 2 is 2.06 bits per heavy atom. The molecule has 1 N–H and O–H groups in total. The minimum absolute atomic E-state index is 0.152. The molecule has 7 heteroatoms. The molecule has 0 fully saturated rings. The summed E-state index contributed by atoms with van der Waals surface area (Å²) >= 11 is 0. The van der Waals surface area contributed by atoms with Gasteiger partial charge in [-0.15, -0.1) is 0 Å². The average Bonchev–Trinajstić information content (AvgIpc) is 2.17. The maximum absolute atomic E-state index is 12.5. The van der Waals surface area contributed by atoms with Gasteiger partial charge in [0.1, 0.15) is 5.82 Å². The van der Waals surface area contributed by atoms with Crippen molar-refractivity contribution >= 4 is 5.91 Å². The molecule has 0 aliphatic heterocycles. The molecule has 0 aliphatic rings. The van der Waals surface area contributed by atoms with Gasteiger partial charge in [0.2, 0.25) is 0 Å². The first-order chi connectivity index (χ1) is 7.30. The molecule has 1 aromatic rings. The Morgan fingerprint density at radius 1 is 1.44 bits per heavy atom. The van der Waals surface area contributed by atoms with Crippen molar-refractivity contribution in [3.05, 3.63) is 29.8 Å². The summed E-state index contributed by atoms with van der Waals surface area (Å²) in [5, 5.41) is 1.71. The van der Waals surface area contributed by atoms with E-state index in [4.69, 9.17) is 0 Å². The minimum Gasteiger partial charge on any atom is -0.340 e. The molecule has 0 bridgehead atoms. The Hall–Kier alpha value is -1.66. The Morgan fingerprint density at radius 3 is 2.50 bits per heavy atom. The summed E-state index contributed by atoms with van der Waals surface area (Å²) in [5.74, 6) is -2.65. The van der Waals surface area contributed by atoms with Gasteiger partial charge in [0.05, 0.1) is 17.9 Å². The van der Waals surface area contributed by atoms with Gasteiger partial charge in [-0.3, -0.25) is 9.78 Å². The first-order valence-corrected chi connectivity index (χ1v) is 4.30. The van der Waals surface area contributed by atoms with Crippen LogP contribution in [-0.2, 0) is 4.79 Å². The number of carbonyl (C=O) groups is 1. The summed E-state index contributed by atoms with van der Waals surface area (Å²) in [6, 6.07) is 1.32. The fourth-order valence-corrected chi connectivity index (χ4v) is 0.996. The van der Waals surface area contributed by atoms with Gasteiger partial charge in [0, 0.05) is 0 Å². The van der Waals surface area contributed by atoms with E-state index in [1.54, 1.807) is 5.32 Å². The largest absolute Gasteiger partial charge is 0.471 e. The molecule has 0 radical (unpaired) electrons. The van der Waals surface area contributed by atoms with E-state index in [2.05, 4.69) is 4.98 Å². The smallest absolute Gasteiger partial charge is 0.340 e. The molecule has 0 saturated carbocycles. The van der Waals surface area contributed by atoms with Crippen LogP contribution >= 0.6 is 0 Å². The number of hydrogen-bond donors (Lipinski definition) is 1. The van der Waals surface area contributed by atoms with E-state index in [1.807, 2.05) is 0 Å². The SMILES string of the molecule is C[C@@H](NC(=O)C(F)(F)F)c1ccc(F)cn1. The maximum atomic E-state index is 12.5. The quantitative estimate of drug-likeness (QED) is 0.797. The lowest BCUT2D eigenvalue weighted by atomic mass is 10.2. The Kier molecular flexibility index (Phi) is 3.46. The number of nitrogens with zero attached hydrogens (tertiary/aromatic N) is 1. The minimum atomic E-state index is -4.94. The van der Waals surface area contributed by atoms with Gasteiger partial charge in [-0.25, -0.2) is 4.39 Å². The van der Waals surface area contributed by atoms with E-state index >= 15 is 0 Å². The van der Waals surface area contributed by atoms with Crippen molar-refractivity contribution in [2.45, 2.75) is 19.1 Å². The summed E-state index contributed by atoms with van der Waals surface area (Å²) in [5.41, 5.74) is 0.152. The van der Waals surface area contributed by atoms with Crippen LogP contribution in [0.2, 0.25) is 0 Å². The van der Waals surface area contributed by atoms with E-state index in [0.29, 0.717) is 0 Å². The normalized spacial score (nSPS) is 13.3. The molecule has 1 rings (SSSR count). The van der Waals surface area contributed by atoms with E-state index in [-0.39, 0.29) is 5.69 Å². The molecule has 16 heavy (non-hydrogen) atoms. The monoisotopic (exact) mass is 236 g/mol. The lowest BCUT2D eigenvalue weighted by Crippen LogP contribution is -2.38. The number of rotatable bonds is 2. The predicted molar refractivity (Wildman–Crippen MR) is 46.8 cm³/mol. The highest BCUT2D eigenvalue weighted by atomic mass is 19.4. The molecular formula is C9H8F4N2O. The summed E-state index contributed by atoms with van der Waals surface area (Å²) in [6.45, 7) is 1.32.